The zero-order valence-corrected chi connectivity index (χ0v) is 12.7. The van der Waals surface area contributed by atoms with Crippen LogP contribution in [0.1, 0.15) is 29.7 Å². The van der Waals surface area contributed by atoms with Crippen molar-refractivity contribution in [3.05, 3.63) is 64.2 Å². The van der Waals surface area contributed by atoms with Crippen molar-refractivity contribution in [3.8, 4) is 6.07 Å². The van der Waals surface area contributed by atoms with Gasteiger partial charge in [0.05, 0.1) is 11.6 Å². The molecular formula is C16H15ClN2S. The van der Waals surface area contributed by atoms with Crippen molar-refractivity contribution in [2.75, 3.05) is 0 Å². The second kappa shape index (κ2) is 6.81. The van der Waals surface area contributed by atoms with Crippen molar-refractivity contribution in [3.63, 3.8) is 0 Å². The Labute approximate surface area is 128 Å². The van der Waals surface area contributed by atoms with Crippen LogP contribution in [0.3, 0.4) is 0 Å². The Hall–Kier alpha value is -1.47. The lowest BCUT2D eigenvalue weighted by molar-refractivity contribution is 0.815. The first-order valence-corrected chi connectivity index (χ1v) is 7.63. The molecule has 0 saturated heterocycles. The maximum atomic E-state index is 8.82. The van der Waals surface area contributed by atoms with Gasteiger partial charge >= 0.3 is 0 Å². The first kappa shape index (κ1) is 14.9. The molecular weight excluding hydrogens is 288 g/mol. The van der Waals surface area contributed by atoms with E-state index in [0.717, 1.165) is 16.9 Å². The van der Waals surface area contributed by atoms with Crippen molar-refractivity contribution < 1.29 is 0 Å². The van der Waals surface area contributed by atoms with E-state index in [4.69, 9.17) is 22.6 Å². The third-order valence-electron chi connectivity index (χ3n) is 2.96. The molecule has 0 spiro atoms. The van der Waals surface area contributed by atoms with Gasteiger partial charge in [0, 0.05) is 21.7 Å². The largest absolute Gasteiger partial charge is 0.324 e. The van der Waals surface area contributed by atoms with Crippen LogP contribution in [0.25, 0.3) is 0 Å². The van der Waals surface area contributed by atoms with Crippen molar-refractivity contribution in [2.45, 2.75) is 23.6 Å². The van der Waals surface area contributed by atoms with E-state index in [-0.39, 0.29) is 6.04 Å². The van der Waals surface area contributed by atoms with Crippen molar-refractivity contribution in [2.24, 2.45) is 5.73 Å². The summed E-state index contributed by atoms with van der Waals surface area (Å²) in [7, 11) is 0. The summed E-state index contributed by atoms with van der Waals surface area (Å²) >= 11 is 7.88. The highest BCUT2D eigenvalue weighted by Gasteiger charge is 2.05. The monoisotopic (exact) mass is 302 g/mol. The van der Waals surface area contributed by atoms with Gasteiger partial charge in [-0.1, -0.05) is 29.8 Å². The first-order chi connectivity index (χ1) is 9.60. The average Bonchev–Trinajstić information content (AvgIpc) is 2.46. The van der Waals surface area contributed by atoms with Crippen molar-refractivity contribution >= 4 is 23.4 Å². The predicted octanol–water partition coefficient (Wildman–Crippen LogP) is 4.52. The summed E-state index contributed by atoms with van der Waals surface area (Å²) in [5, 5.41) is 9.46. The van der Waals surface area contributed by atoms with Gasteiger partial charge in [0.2, 0.25) is 0 Å². The second-order valence-corrected chi connectivity index (χ2v) is 6.02. The van der Waals surface area contributed by atoms with Gasteiger partial charge in [-0.25, -0.2) is 0 Å². The minimum absolute atomic E-state index is 0.0362. The number of rotatable bonds is 4. The van der Waals surface area contributed by atoms with E-state index in [1.807, 2.05) is 25.1 Å². The molecule has 0 aliphatic rings. The van der Waals surface area contributed by atoms with Gasteiger partial charge in [-0.05, 0) is 42.3 Å². The second-order valence-electron chi connectivity index (χ2n) is 4.57. The summed E-state index contributed by atoms with van der Waals surface area (Å²) < 4.78 is 0. The molecule has 0 aliphatic heterocycles. The van der Waals surface area contributed by atoms with Gasteiger partial charge in [-0.2, -0.15) is 5.26 Å². The van der Waals surface area contributed by atoms with E-state index < -0.39 is 0 Å². The lowest BCUT2D eigenvalue weighted by Crippen LogP contribution is -2.04. The van der Waals surface area contributed by atoms with Gasteiger partial charge in [0.1, 0.15) is 0 Å². The summed E-state index contributed by atoms with van der Waals surface area (Å²) in [6.07, 6.45) is 0. The van der Waals surface area contributed by atoms with E-state index in [1.165, 1.54) is 4.90 Å². The molecule has 0 bridgehead atoms. The number of hydrogen-bond donors (Lipinski definition) is 1. The molecule has 2 rings (SSSR count). The van der Waals surface area contributed by atoms with Crippen LogP contribution >= 0.6 is 23.4 Å². The zero-order chi connectivity index (χ0) is 14.5. The lowest BCUT2D eigenvalue weighted by atomic mass is 10.1. The Morgan fingerprint density at radius 1 is 1.30 bits per heavy atom. The number of nitriles is 1. The molecule has 0 fully saturated rings. The SMILES string of the molecule is CC(N)c1cccc(SCc2ccc(C#N)cc2Cl)c1. The first-order valence-electron chi connectivity index (χ1n) is 6.27. The van der Waals surface area contributed by atoms with Crippen LogP contribution in [-0.4, -0.2) is 0 Å². The highest BCUT2D eigenvalue weighted by atomic mass is 35.5. The van der Waals surface area contributed by atoms with E-state index in [0.29, 0.717) is 10.6 Å². The van der Waals surface area contributed by atoms with Crippen LogP contribution in [0.2, 0.25) is 5.02 Å². The summed E-state index contributed by atoms with van der Waals surface area (Å²) in [5.41, 5.74) is 8.63. The number of hydrogen-bond acceptors (Lipinski definition) is 3. The van der Waals surface area contributed by atoms with E-state index in [2.05, 4.69) is 18.2 Å². The smallest absolute Gasteiger partial charge is 0.0992 e. The topological polar surface area (TPSA) is 49.8 Å². The van der Waals surface area contributed by atoms with E-state index in [1.54, 1.807) is 23.9 Å². The van der Waals surface area contributed by atoms with Crippen LogP contribution in [-0.2, 0) is 5.75 Å². The minimum atomic E-state index is 0.0362. The van der Waals surface area contributed by atoms with Crippen molar-refractivity contribution in [1.29, 1.82) is 5.26 Å². The quantitative estimate of drug-likeness (QED) is 0.845. The fraction of sp³-hybridized carbons (Fsp3) is 0.188. The molecule has 0 radical (unpaired) electrons. The van der Waals surface area contributed by atoms with Crippen LogP contribution in [0.5, 0.6) is 0 Å². The molecule has 0 aromatic heterocycles. The van der Waals surface area contributed by atoms with Gasteiger partial charge in [-0.3, -0.25) is 0 Å². The maximum absolute atomic E-state index is 8.82. The number of thioether (sulfide) groups is 1. The lowest BCUT2D eigenvalue weighted by Gasteiger charge is -2.09. The molecule has 0 saturated carbocycles. The van der Waals surface area contributed by atoms with Crippen LogP contribution in [0.15, 0.2) is 47.4 Å². The van der Waals surface area contributed by atoms with Crippen LogP contribution in [0, 0.1) is 11.3 Å². The molecule has 0 aliphatic carbocycles. The average molecular weight is 303 g/mol. The Morgan fingerprint density at radius 2 is 2.10 bits per heavy atom. The summed E-state index contributed by atoms with van der Waals surface area (Å²) in [5.74, 6) is 0.771. The molecule has 0 amide bonds. The normalized spacial score (nSPS) is 11.9. The van der Waals surface area contributed by atoms with Gasteiger partial charge < -0.3 is 5.73 Å². The van der Waals surface area contributed by atoms with Gasteiger partial charge in [0.15, 0.2) is 0 Å². The highest BCUT2D eigenvalue weighted by molar-refractivity contribution is 7.98. The molecule has 2 nitrogen and oxygen atoms in total. The number of halogens is 1. The predicted molar refractivity (Wildman–Crippen MR) is 84.8 cm³/mol. The Bertz CT molecular complexity index is 647. The zero-order valence-electron chi connectivity index (χ0n) is 11.1. The van der Waals surface area contributed by atoms with Gasteiger partial charge in [-0.15, -0.1) is 11.8 Å². The molecule has 0 heterocycles. The number of benzene rings is 2. The third-order valence-corrected chi connectivity index (χ3v) is 4.35. The number of nitrogens with zero attached hydrogens (tertiary/aromatic N) is 1. The Morgan fingerprint density at radius 3 is 2.75 bits per heavy atom. The van der Waals surface area contributed by atoms with E-state index in [9.17, 15) is 0 Å². The Balaban J connectivity index is 2.09. The standard InChI is InChI=1S/C16H15ClN2S/c1-11(19)13-3-2-4-15(8-13)20-10-14-6-5-12(9-18)7-16(14)17/h2-8,11H,10,19H2,1H3. The molecule has 2 N–H and O–H groups in total. The molecule has 2 aromatic carbocycles. The fourth-order valence-corrected chi connectivity index (χ4v) is 3.08. The molecule has 1 unspecified atom stereocenters. The van der Waals surface area contributed by atoms with E-state index >= 15 is 0 Å². The van der Waals surface area contributed by atoms with Crippen LogP contribution in [0.4, 0.5) is 0 Å². The molecule has 4 heteroatoms. The van der Waals surface area contributed by atoms with Crippen molar-refractivity contribution in [1.82, 2.24) is 0 Å². The summed E-state index contributed by atoms with van der Waals surface area (Å²) in [6.45, 7) is 1.97. The number of nitrogens with two attached hydrogens (primary N) is 1. The fourth-order valence-electron chi connectivity index (χ4n) is 1.78. The minimum Gasteiger partial charge on any atom is -0.324 e. The summed E-state index contributed by atoms with van der Waals surface area (Å²) in [4.78, 5) is 1.17. The third kappa shape index (κ3) is 3.77. The highest BCUT2D eigenvalue weighted by Crippen LogP contribution is 2.28. The Kier molecular flexibility index (Phi) is 5.08. The van der Waals surface area contributed by atoms with Gasteiger partial charge in [0.25, 0.3) is 0 Å². The van der Waals surface area contributed by atoms with Crippen LogP contribution < -0.4 is 5.73 Å². The molecule has 102 valence electrons. The molecule has 20 heavy (non-hydrogen) atoms. The summed E-state index contributed by atoms with van der Waals surface area (Å²) in [6, 6.07) is 15.7. The molecule has 1 atom stereocenters. The maximum Gasteiger partial charge on any atom is 0.0992 e. The molecule has 2 aromatic rings.